The van der Waals surface area contributed by atoms with Crippen LogP contribution in [0.2, 0.25) is 10.0 Å². The quantitative estimate of drug-likeness (QED) is 0.399. The Kier molecular flexibility index (Phi) is 6.87. The van der Waals surface area contributed by atoms with Gasteiger partial charge in [0, 0.05) is 22.2 Å². The molecule has 0 aromatic heterocycles. The van der Waals surface area contributed by atoms with E-state index < -0.39 is 0 Å². The van der Waals surface area contributed by atoms with Gasteiger partial charge in [-0.1, -0.05) is 47.5 Å². The summed E-state index contributed by atoms with van der Waals surface area (Å²) in [7, 11) is 0. The molecule has 3 aromatic rings. The van der Waals surface area contributed by atoms with E-state index in [2.05, 4.69) is 12.1 Å². The highest BCUT2D eigenvalue weighted by Gasteiger charge is 2.31. The van der Waals surface area contributed by atoms with E-state index in [4.69, 9.17) is 32.7 Å². The first-order chi connectivity index (χ1) is 15.7. The molecule has 33 heavy (non-hydrogen) atoms. The molecular formula is C27H27Cl2NO3. The number of hydrogen-bond acceptors (Lipinski definition) is 3. The predicted octanol–water partition coefficient (Wildman–Crippen LogP) is 6.82. The second kappa shape index (κ2) is 9.66. The fourth-order valence-corrected chi connectivity index (χ4v) is 4.49. The zero-order valence-electron chi connectivity index (χ0n) is 19.0. The summed E-state index contributed by atoms with van der Waals surface area (Å²) in [5.74, 6) is 1.40. The molecule has 0 fully saturated rings. The maximum Gasteiger partial charge on any atom is 0.254 e. The summed E-state index contributed by atoms with van der Waals surface area (Å²) in [5.41, 5.74) is 2.58. The molecule has 172 valence electrons. The highest BCUT2D eigenvalue weighted by atomic mass is 35.5. The summed E-state index contributed by atoms with van der Waals surface area (Å²) in [6.07, 6.45) is 0.710. The van der Waals surface area contributed by atoms with Crippen LogP contribution in [0.15, 0.2) is 66.7 Å². The van der Waals surface area contributed by atoms with Crippen molar-refractivity contribution in [2.24, 2.45) is 0 Å². The van der Waals surface area contributed by atoms with Crippen LogP contribution in [-0.2, 0) is 13.0 Å². The molecule has 1 aliphatic rings. The van der Waals surface area contributed by atoms with Crippen molar-refractivity contribution < 1.29 is 14.3 Å². The molecule has 1 atom stereocenters. The van der Waals surface area contributed by atoms with E-state index in [1.165, 1.54) is 5.56 Å². The van der Waals surface area contributed by atoms with Crippen LogP contribution < -0.4 is 9.47 Å². The first-order valence-electron chi connectivity index (χ1n) is 10.9. The van der Waals surface area contributed by atoms with Crippen LogP contribution in [0.3, 0.4) is 0 Å². The summed E-state index contributed by atoms with van der Waals surface area (Å²) in [6.45, 7) is 6.91. The van der Waals surface area contributed by atoms with Gasteiger partial charge in [-0.3, -0.25) is 4.79 Å². The molecule has 0 saturated heterocycles. The van der Waals surface area contributed by atoms with Gasteiger partial charge in [0.1, 0.15) is 23.7 Å². The number of nitrogens with zero attached hydrogens (tertiary/aromatic N) is 1. The molecule has 0 spiro atoms. The number of rotatable bonds is 5. The highest BCUT2D eigenvalue weighted by molar-refractivity contribution is 6.35. The molecule has 0 N–H and O–H groups in total. The van der Waals surface area contributed by atoms with Gasteiger partial charge in [-0.15, -0.1) is 0 Å². The molecule has 0 bridgehead atoms. The number of ether oxygens (including phenoxy) is 2. The van der Waals surface area contributed by atoms with Crippen LogP contribution in [-0.4, -0.2) is 29.1 Å². The lowest BCUT2D eigenvalue weighted by atomic mass is 9.93. The molecule has 6 heteroatoms. The minimum absolute atomic E-state index is 0.114. The Hall–Kier alpha value is -2.69. The zero-order valence-corrected chi connectivity index (χ0v) is 20.5. The highest BCUT2D eigenvalue weighted by Crippen LogP contribution is 2.28. The number of amides is 1. The summed E-state index contributed by atoms with van der Waals surface area (Å²) in [5, 5.41) is 0.877. The minimum Gasteiger partial charge on any atom is -0.491 e. The van der Waals surface area contributed by atoms with Gasteiger partial charge in [0.2, 0.25) is 0 Å². The number of fused-ring (bicyclic) bond motifs is 1. The average Bonchev–Trinajstić information content (AvgIpc) is 2.76. The maximum absolute atomic E-state index is 13.4. The second-order valence-corrected chi connectivity index (χ2v) is 10.1. The van der Waals surface area contributed by atoms with Crippen molar-refractivity contribution in [3.63, 3.8) is 0 Å². The Bertz CT molecular complexity index is 1120. The smallest absolute Gasteiger partial charge is 0.254 e. The number of benzene rings is 3. The number of halogens is 2. The normalized spacial score (nSPS) is 15.7. The molecule has 1 heterocycles. The largest absolute Gasteiger partial charge is 0.491 e. The van der Waals surface area contributed by atoms with Crippen LogP contribution in [0.5, 0.6) is 11.5 Å². The van der Waals surface area contributed by atoms with Gasteiger partial charge in [-0.05, 0) is 80.8 Å². The van der Waals surface area contributed by atoms with E-state index in [1.54, 1.807) is 18.2 Å². The SMILES string of the molecule is CC(C)(C)Oc1ccc(OCC2Cc3ccccc3CN2C(=O)c2cc(Cl)cc(Cl)c2)cc1. The van der Waals surface area contributed by atoms with Crippen LogP contribution >= 0.6 is 23.2 Å². The number of hydrogen-bond donors (Lipinski definition) is 0. The summed E-state index contributed by atoms with van der Waals surface area (Å²) < 4.78 is 12.0. The van der Waals surface area contributed by atoms with E-state index in [0.717, 1.165) is 17.1 Å². The average molecular weight is 484 g/mol. The van der Waals surface area contributed by atoms with Gasteiger partial charge in [0.05, 0.1) is 6.04 Å². The lowest BCUT2D eigenvalue weighted by Crippen LogP contribution is -2.47. The van der Waals surface area contributed by atoms with Crippen molar-refractivity contribution in [3.05, 3.63) is 93.5 Å². The lowest BCUT2D eigenvalue weighted by Gasteiger charge is -2.37. The van der Waals surface area contributed by atoms with E-state index in [9.17, 15) is 4.79 Å². The predicted molar refractivity (Wildman–Crippen MR) is 133 cm³/mol. The van der Waals surface area contributed by atoms with Crippen molar-refractivity contribution >= 4 is 29.1 Å². The van der Waals surface area contributed by atoms with Gasteiger partial charge < -0.3 is 14.4 Å². The van der Waals surface area contributed by atoms with E-state index in [0.29, 0.717) is 35.2 Å². The zero-order chi connectivity index (χ0) is 23.6. The van der Waals surface area contributed by atoms with Gasteiger partial charge in [0.25, 0.3) is 5.91 Å². The van der Waals surface area contributed by atoms with Gasteiger partial charge in [-0.25, -0.2) is 0 Å². The minimum atomic E-state index is -0.262. The van der Waals surface area contributed by atoms with Gasteiger partial charge in [-0.2, -0.15) is 0 Å². The molecular weight excluding hydrogens is 457 g/mol. The van der Waals surface area contributed by atoms with Crippen molar-refractivity contribution in [1.29, 1.82) is 0 Å². The van der Waals surface area contributed by atoms with Crippen molar-refractivity contribution in [2.75, 3.05) is 6.61 Å². The molecule has 0 aliphatic carbocycles. The van der Waals surface area contributed by atoms with Crippen LogP contribution in [0.25, 0.3) is 0 Å². The van der Waals surface area contributed by atoms with Gasteiger partial charge >= 0.3 is 0 Å². The Balaban J connectivity index is 1.53. The molecule has 3 aromatic carbocycles. The van der Waals surface area contributed by atoms with Crippen molar-refractivity contribution in [1.82, 2.24) is 4.90 Å². The topological polar surface area (TPSA) is 38.8 Å². The Morgan fingerprint density at radius 1 is 0.939 bits per heavy atom. The van der Waals surface area contributed by atoms with Crippen LogP contribution in [0.4, 0.5) is 0 Å². The molecule has 4 nitrogen and oxygen atoms in total. The van der Waals surface area contributed by atoms with Crippen molar-refractivity contribution in [2.45, 2.75) is 45.4 Å². The third-order valence-corrected chi connectivity index (χ3v) is 5.85. The Labute approximate surface area is 205 Å². The Morgan fingerprint density at radius 2 is 1.55 bits per heavy atom. The molecule has 0 saturated carbocycles. The summed E-state index contributed by atoms with van der Waals surface area (Å²) in [6, 6.07) is 20.6. The number of carbonyl (C=O) groups is 1. The second-order valence-electron chi connectivity index (χ2n) is 9.21. The molecule has 4 rings (SSSR count). The van der Waals surface area contributed by atoms with Gasteiger partial charge in [0.15, 0.2) is 0 Å². The van der Waals surface area contributed by atoms with Crippen LogP contribution in [0.1, 0.15) is 42.3 Å². The summed E-state index contributed by atoms with van der Waals surface area (Å²) >= 11 is 12.3. The van der Waals surface area contributed by atoms with Crippen molar-refractivity contribution in [3.8, 4) is 11.5 Å². The Morgan fingerprint density at radius 3 is 2.18 bits per heavy atom. The summed E-state index contributed by atoms with van der Waals surface area (Å²) in [4.78, 5) is 15.3. The third kappa shape index (κ3) is 6.01. The first-order valence-corrected chi connectivity index (χ1v) is 11.7. The molecule has 1 amide bonds. The third-order valence-electron chi connectivity index (χ3n) is 5.42. The lowest BCUT2D eigenvalue weighted by molar-refractivity contribution is 0.0566. The standard InChI is InChI=1S/C27H27Cl2NO3/c1-27(2,3)33-25-10-8-24(9-11-25)32-17-23-14-18-6-4-5-7-19(18)16-30(23)26(31)20-12-21(28)15-22(29)13-20/h4-13,15,23H,14,16-17H2,1-3H3. The van der Waals surface area contributed by atoms with E-state index in [-0.39, 0.29) is 17.6 Å². The molecule has 0 radical (unpaired) electrons. The monoisotopic (exact) mass is 483 g/mol. The number of carbonyl (C=O) groups excluding carboxylic acids is 1. The fourth-order valence-electron chi connectivity index (χ4n) is 3.97. The molecule has 1 unspecified atom stereocenters. The van der Waals surface area contributed by atoms with E-state index >= 15 is 0 Å². The fraction of sp³-hybridized carbons (Fsp3) is 0.296. The van der Waals surface area contributed by atoms with E-state index in [1.807, 2.05) is 62.1 Å². The van der Waals surface area contributed by atoms with Crippen LogP contribution in [0, 0.1) is 0 Å². The maximum atomic E-state index is 13.4. The first kappa shape index (κ1) is 23.5. The molecule has 1 aliphatic heterocycles.